The standard InChI is InChI=1S/C14H12N4O3/c1-8-5-20-14(21-8)13(7-16)10(9-3-2-4-19-9)12(13,6-15)11(17)18-14/h2-4,8,10H,5H2,1H3,(H2,17,18)/p+1/t8-,10+,12+,13+,14-/m0/s1. The van der Waals surface area contributed by atoms with E-state index in [0.29, 0.717) is 12.4 Å². The van der Waals surface area contributed by atoms with Crippen LogP contribution in [0.1, 0.15) is 18.6 Å². The number of nitriles is 2. The van der Waals surface area contributed by atoms with Gasteiger partial charge >= 0.3 is 5.91 Å². The molecule has 1 aromatic rings. The molecule has 0 radical (unpaired) electrons. The van der Waals surface area contributed by atoms with Gasteiger partial charge in [-0.05, 0) is 19.1 Å². The Labute approximate surface area is 120 Å². The first-order chi connectivity index (χ1) is 10.1. The number of fused-ring (bicyclic) bond motifs is 2. The van der Waals surface area contributed by atoms with E-state index < -0.39 is 22.7 Å². The topological polar surface area (TPSA) is 119 Å². The van der Waals surface area contributed by atoms with Gasteiger partial charge in [-0.1, -0.05) is 0 Å². The summed E-state index contributed by atoms with van der Waals surface area (Å²) < 4.78 is 17.0. The lowest BCUT2D eigenvalue weighted by Crippen LogP contribution is -2.90. The second-order valence-corrected chi connectivity index (χ2v) is 5.68. The van der Waals surface area contributed by atoms with Crippen molar-refractivity contribution >= 4 is 5.84 Å². The lowest BCUT2D eigenvalue weighted by atomic mass is 9.94. The molecule has 0 aromatic carbocycles. The van der Waals surface area contributed by atoms with E-state index in [0.717, 1.165) is 0 Å². The number of ether oxygens (including phenoxy) is 2. The van der Waals surface area contributed by atoms with Gasteiger partial charge in [0.25, 0.3) is 5.84 Å². The number of nitrogens with one attached hydrogen (secondary N) is 1. The van der Waals surface area contributed by atoms with Gasteiger partial charge in [0.15, 0.2) is 10.8 Å². The Hall–Kier alpha value is -2.35. The first kappa shape index (κ1) is 12.4. The van der Waals surface area contributed by atoms with Crippen LogP contribution in [0.3, 0.4) is 0 Å². The number of furan rings is 1. The molecule has 0 amide bonds. The van der Waals surface area contributed by atoms with Crippen molar-refractivity contribution in [1.29, 1.82) is 10.5 Å². The molecule has 3 aliphatic rings. The van der Waals surface area contributed by atoms with Crippen molar-refractivity contribution in [3.8, 4) is 12.1 Å². The minimum atomic E-state index is -1.39. The number of amidine groups is 1. The van der Waals surface area contributed by atoms with Crippen molar-refractivity contribution in [2.45, 2.75) is 24.9 Å². The zero-order chi connectivity index (χ0) is 14.9. The molecule has 0 unspecified atom stereocenters. The summed E-state index contributed by atoms with van der Waals surface area (Å²) in [5, 5.41) is 19.6. The molecule has 3 N–H and O–H groups in total. The summed E-state index contributed by atoms with van der Waals surface area (Å²) in [7, 11) is 0. The number of nitrogens with two attached hydrogens (primary N) is 1. The van der Waals surface area contributed by atoms with Crippen LogP contribution in [-0.2, 0) is 9.47 Å². The maximum Gasteiger partial charge on any atom is 0.343 e. The lowest BCUT2D eigenvalue weighted by molar-refractivity contribution is -0.678. The highest BCUT2D eigenvalue weighted by atomic mass is 16.8. The second-order valence-electron chi connectivity index (χ2n) is 5.68. The molecular weight excluding hydrogens is 272 g/mol. The van der Waals surface area contributed by atoms with Crippen LogP contribution in [0, 0.1) is 33.5 Å². The summed E-state index contributed by atoms with van der Waals surface area (Å²) in [6.07, 6.45) is 1.32. The first-order valence-corrected chi connectivity index (χ1v) is 6.67. The van der Waals surface area contributed by atoms with Gasteiger partial charge in [0.1, 0.15) is 5.76 Å². The van der Waals surface area contributed by atoms with E-state index in [1.807, 2.05) is 6.92 Å². The van der Waals surface area contributed by atoms with Crippen LogP contribution in [0.2, 0.25) is 0 Å². The molecule has 2 aliphatic heterocycles. The van der Waals surface area contributed by atoms with E-state index in [4.69, 9.17) is 19.6 Å². The minimum absolute atomic E-state index is 0.192. The lowest BCUT2D eigenvalue weighted by Gasteiger charge is -2.23. The van der Waals surface area contributed by atoms with Crippen molar-refractivity contribution < 1.29 is 18.9 Å². The van der Waals surface area contributed by atoms with Crippen molar-refractivity contribution in [2.24, 2.45) is 16.6 Å². The highest BCUT2D eigenvalue weighted by Crippen LogP contribution is 2.79. The Kier molecular flexibility index (Phi) is 2.04. The van der Waals surface area contributed by atoms with E-state index in [9.17, 15) is 10.5 Å². The summed E-state index contributed by atoms with van der Waals surface area (Å²) in [4.78, 5) is 2.90. The normalized spacial score (nSPS) is 46.7. The van der Waals surface area contributed by atoms with E-state index in [2.05, 4.69) is 17.1 Å². The third-order valence-corrected chi connectivity index (χ3v) is 4.72. The summed E-state index contributed by atoms with van der Waals surface area (Å²) in [6, 6.07) is 7.88. The van der Waals surface area contributed by atoms with Crippen LogP contribution in [0.5, 0.6) is 0 Å². The molecule has 3 heterocycles. The summed E-state index contributed by atoms with van der Waals surface area (Å²) in [5.74, 6) is -1.17. The first-order valence-electron chi connectivity index (χ1n) is 6.67. The molecule has 1 spiro atoms. The molecular formula is C14H13N4O3+. The van der Waals surface area contributed by atoms with Crippen molar-refractivity contribution in [3.05, 3.63) is 24.2 Å². The third-order valence-electron chi connectivity index (χ3n) is 4.72. The molecule has 0 bridgehead atoms. The van der Waals surface area contributed by atoms with E-state index >= 15 is 0 Å². The molecule has 2 fully saturated rings. The summed E-state index contributed by atoms with van der Waals surface area (Å²) in [5.41, 5.74) is 3.60. The molecule has 1 saturated heterocycles. The molecule has 4 rings (SSSR count). The Bertz CT molecular complexity index is 730. The zero-order valence-electron chi connectivity index (χ0n) is 11.3. The van der Waals surface area contributed by atoms with Crippen molar-refractivity contribution in [2.75, 3.05) is 6.61 Å². The predicted octanol–water partition coefficient (Wildman–Crippen LogP) is -1.06. The number of rotatable bonds is 1. The molecule has 1 saturated carbocycles. The van der Waals surface area contributed by atoms with Gasteiger partial charge in [0.05, 0.1) is 37.0 Å². The fourth-order valence-electron chi connectivity index (χ4n) is 3.85. The molecule has 1 aliphatic carbocycles. The zero-order valence-corrected chi connectivity index (χ0v) is 11.3. The van der Waals surface area contributed by atoms with Crippen LogP contribution in [0.15, 0.2) is 22.8 Å². The second kappa shape index (κ2) is 3.45. The SMILES string of the molecule is C[C@H]1CO[C@]2([NH+]=C(N)[C@@]3(C#N)[C@@H](c4ccco4)[C@@]23C#N)O1. The maximum absolute atomic E-state index is 9.85. The number of hydrogen-bond donors (Lipinski definition) is 2. The fraction of sp³-hybridized carbons (Fsp3) is 0.500. The Morgan fingerprint density at radius 1 is 1.43 bits per heavy atom. The monoisotopic (exact) mass is 285 g/mol. The molecule has 7 nitrogen and oxygen atoms in total. The number of nitrogens with zero attached hydrogens (tertiary/aromatic N) is 2. The molecule has 7 heteroatoms. The van der Waals surface area contributed by atoms with Crippen LogP contribution < -0.4 is 10.7 Å². The fourth-order valence-corrected chi connectivity index (χ4v) is 3.85. The van der Waals surface area contributed by atoms with Gasteiger partial charge in [-0.3, -0.25) is 5.73 Å². The summed E-state index contributed by atoms with van der Waals surface area (Å²) in [6.45, 7) is 2.17. The van der Waals surface area contributed by atoms with Gasteiger partial charge in [0.2, 0.25) is 0 Å². The molecule has 1 aromatic heterocycles. The predicted molar refractivity (Wildman–Crippen MR) is 66.9 cm³/mol. The van der Waals surface area contributed by atoms with E-state index in [1.165, 1.54) is 6.26 Å². The quantitative estimate of drug-likeness (QED) is 0.678. The van der Waals surface area contributed by atoms with E-state index in [1.54, 1.807) is 12.1 Å². The van der Waals surface area contributed by atoms with Crippen molar-refractivity contribution in [3.63, 3.8) is 0 Å². The Balaban J connectivity index is 1.94. The smallest absolute Gasteiger partial charge is 0.343 e. The van der Waals surface area contributed by atoms with Gasteiger partial charge in [-0.2, -0.15) is 10.5 Å². The van der Waals surface area contributed by atoms with Crippen molar-refractivity contribution in [1.82, 2.24) is 0 Å². The maximum atomic E-state index is 9.85. The number of hydrogen-bond acceptors (Lipinski definition) is 6. The molecule has 5 atom stereocenters. The highest BCUT2D eigenvalue weighted by molar-refractivity contribution is 5.95. The van der Waals surface area contributed by atoms with Gasteiger partial charge < -0.3 is 13.9 Å². The van der Waals surface area contributed by atoms with E-state index in [-0.39, 0.29) is 11.9 Å². The van der Waals surface area contributed by atoms with Gasteiger partial charge in [-0.15, -0.1) is 0 Å². The average Bonchev–Trinajstić information content (AvgIpc) is 2.87. The highest BCUT2D eigenvalue weighted by Gasteiger charge is 2.98. The summed E-state index contributed by atoms with van der Waals surface area (Å²) >= 11 is 0. The van der Waals surface area contributed by atoms with Gasteiger partial charge in [0, 0.05) is 0 Å². The average molecular weight is 285 g/mol. The van der Waals surface area contributed by atoms with Crippen LogP contribution in [0.25, 0.3) is 0 Å². The largest absolute Gasteiger partial charge is 0.469 e. The van der Waals surface area contributed by atoms with Crippen LogP contribution in [0.4, 0.5) is 0 Å². The molecule has 106 valence electrons. The van der Waals surface area contributed by atoms with Gasteiger partial charge in [-0.25, -0.2) is 4.99 Å². The Morgan fingerprint density at radius 2 is 2.24 bits per heavy atom. The van der Waals surface area contributed by atoms with Crippen LogP contribution >= 0.6 is 0 Å². The molecule has 21 heavy (non-hydrogen) atoms. The Morgan fingerprint density at radius 3 is 2.76 bits per heavy atom. The minimum Gasteiger partial charge on any atom is -0.469 e. The van der Waals surface area contributed by atoms with Crippen LogP contribution in [-0.4, -0.2) is 24.5 Å². The third kappa shape index (κ3) is 1.03.